The number of aliphatic carboxylic acids is 2. The van der Waals surface area contributed by atoms with Crippen LogP contribution in [0.2, 0.25) is 0 Å². The summed E-state index contributed by atoms with van der Waals surface area (Å²) in [5, 5.41) is 19.8. The van der Waals surface area contributed by atoms with Gasteiger partial charge in [-0.1, -0.05) is 30.3 Å². The average molecular weight is 209 g/mol. The quantitative estimate of drug-likeness (QED) is 0.656. The molecule has 0 aliphatic rings. The van der Waals surface area contributed by atoms with Crippen molar-refractivity contribution in [1.29, 1.82) is 0 Å². The van der Waals surface area contributed by atoms with E-state index in [1.165, 1.54) is 0 Å². The van der Waals surface area contributed by atoms with Crippen molar-refractivity contribution >= 4 is 11.9 Å². The second-order valence-corrected chi connectivity index (χ2v) is 2.96. The number of nitrogens with one attached hydrogen (secondary N) is 1. The molecule has 0 radical (unpaired) electrons. The van der Waals surface area contributed by atoms with Crippen LogP contribution in [0.4, 0.5) is 0 Å². The predicted octanol–water partition coefficient (Wildman–Crippen LogP) is 0.486. The van der Waals surface area contributed by atoms with Gasteiger partial charge < -0.3 is 10.2 Å². The Morgan fingerprint density at radius 3 is 2.27 bits per heavy atom. The van der Waals surface area contributed by atoms with Crippen LogP contribution in [0, 0.1) is 0 Å². The summed E-state index contributed by atoms with van der Waals surface area (Å²) in [4.78, 5) is 21.2. The van der Waals surface area contributed by atoms with Gasteiger partial charge in [0.2, 0.25) is 0 Å². The van der Waals surface area contributed by atoms with E-state index in [2.05, 4.69) is 5.32 Å². The molecule has 0 bridgehead atoms. The fourth-order valence-electron chi connectivity index (χ4n) is 1.18. The van der Waals surface area contributed by atoms with E-state index in [9.17, 15) is 9.59 Å². The predicted molar refractivity (Wildman–Crippen MR) is 52.5 cm³/mol. The maximum atomic E-state index is 10.9. The van der Waals surface area contributed by atoms with E-state index in [0.717, 1.165) is 0 Å². The molecule has 0 spiro atoms. The van der Waals surface area contributed by atoms with Crippen molar-refractivity contribution in [3.63, 3.8) is 0 Å². The molecule has 0 unspecified atom stereocenters. The Kier molecular flexibility index (Phi) is 3.82. The highest BCUT2D eigenvalue weighted by Crippen LogP contribution is 2.11. The van der Waals surface area contributed by atoms with E-state index in [-0.39, 0.29) is 6.54 Å². The minimum absolute atomic E-state index is 0.383. The first-order valence-corrected chi connectivity index (χ1v) is 4.34. The van der Waals surface area contributed by atoms with Gasteiger partial charge in [-0.15, -0.1) is 0 Å². The van der Waals surface area contributed by atoms with E-state index in [4.69, 9.17) is 10.2 Å². The van der Waals surface area contributed by atoms with Crippen molar-refractivity contribution < 1.29 is 19.8 Å². The highest BCUT2D eigenvalue weighted by molar-refractivity contribution is 5.77. The molecule has 0 aliphatic carbocycles. The summed E-state index contributed by atoms with van der Waals surface area (Å²) >= 11 is 0. The summed E-state index contributed by atoms with van der Waals surface area (Å²) in [6.07, 6.45) is 0. The van der Waals surface area contributed by atoms with Crippen LogP contribution in [0.1, 0.15) is 11.6 Å². The van der Waals surface area contributed by atoms with Crippen molar-refractivity contribution in [2.75, 3.05) is 6.54 Å². The van der Waals surface area contributed by atoms with Crippen LogP contribution in [-0.2, 0) is 9.59 Å². The SMILES string of the molecule is O=C(O)CN[C@@H](C(=O)O)c1ccccc1. The molecule has 5 nitrogen and oxygen atoms in total. The first-order valence-electron chi connectivity index (χ1n) is 4.34. The van der Waals surface area contributed by atoms with Gasteiger partial charge in [-0.2, -0.15) is 0 Å². The van der Waals surface area contributed by atoms with Crippen molar-refractivity contribution in [2.24, 2.45) is 0 Å². The molecule has 1 aromatic rings. The van der Waals surface area contributed by atoms with Gasteiger partial charge >= 0.3 is 11.9 Å². The lowest BCUT2D eigenvalue weighted by Crippen LogP contribution is -2.32. The summed E-state index contributed by atoms with van der Waals surface area (Å²) in [5.41, 5.74) is 0.534. The van der Waals surface area contributed by atoms with E-state index in [0.29, 0.717) is 5.56 Å². The second-order valence-electron chi connectivity index (χ2n) is 2.96. The average Bonchev–Trinajstić information content (AvgIpc) is 2.18. The lowest BCUT2D eigenvalue weighted by atomic mass is 10.1. The van der Waals surface area contributed by atoms with Crippen LogP contribution in [0.15, 0.2) is 30.3 Å². The van der Waals surface area contributed by atoms with Crippen molar-refractivity contribution in [2.45, 2.75) is 6.04 Å². The van der Waals surface area contributed by atoms with Crippen LogP contribution >= 0.6 is 0 Å². The Morgan fingerprint density at radius 1 is 1.20 bits per heavy atom. The molecule has 1 rings (SSSR count). The maximum Gasteiger partial charge on any atom is 0.325 e. The molecule has 80 valence electrons. The Bertz CT molecular complexity index is 350. The summed E-state index contributed by atoms with van der Waals surface area (Å²) in [6, 6.07) is 7.45. The fourth-order valence-corrected chi connectivity index (χ4v) is 1.18. The zero-order chi connectivity index (χ0) is 11.3. The summed E-state index contributed by atoms with van der Waals surface area (Å²) in [5.74, 6) is -2.18. The fraction of sp³-hybridized carbons (Fsp3) is 0.200. The lowest BCUT2D eigenvalue weighted by Gasteiger charge is -2.12. The molecule has 0 aromatic heterocycles. The Hall–Kier alpha value is -1.88. The molecule has 0 saturated carbocycles. The van der Waals surface area contributed by atoms with E-state index in [1.54, 1.807) is 30.3 Å². The van der Waals surface area contributed by atoms with Crippen LogP contribution in [-0.4, -0.2) is 28.7 Å². The van der Waals surface area contributed by atoms with E-state index in [1.807, 2.05) is 0 Å². The zero-order valence-electron chi connectivity index (χ0n) is 7.88. The third-order valence-corrected chi connectivity index (χ3v) is 1.84. The van der Waals surface area contributed by atoms with Gasteiger partial charge in [0, 0.05) is 0 Å². The third-order valence-electron chi connectivity index (χ3n) is 1.84. The van der Waals surface area contributed by atoms with Crippen molar-refractivity contribution in [1.82, 2.24) is 5.32 Å². The molecule has 1 aromatic carbocycles. The second kappa shape index (κ2) is 5.11. The van der Waals surface area contributed by atoms with Crippen LogP contribution in [0.25, 0.3) is 0 Å². The molecule has 0 heterocycles. The Morgan fingerprint density at radius 2 is 1.80 bits per heavy atom. The number of hydrogen-bond donors (Lipinski definition) is 3. The molecule has 0 fully saturated rings. The van der Waals surface area contributed by atoms with Gasteiger partial charge in [0.15, 0.2) is 0 Å². The molecule has 5 heteroatoms. The van der Waals surface area contributed by atoms with Gasteiger partial charge in [0.25, 0.3) is 0 Å². The molecular formula is C10H11NO4. The molecule has 0 saturated heterocycles. The van der Waals surface area contributed by atoms with Crippen LogP contribution < -0.4 is 5.32 Å². The number of carboxylic acids is 2. The van der Waals surface area contributed by atoms with Crippen molar-refractivity contribution in [3.8, 4) is 0 Å². The molecule has 0 amide bonds. The van der Waals surface area contributed by atoms with Crippen LogP contribution in [0.5, 0.6) is 0 Å². The van der Waals surface area contributed by atoms with Crippen molar-refractivity contribution in [3.05, 3.63) is 35.9 Å². The highest BCUT2D eigenvalue weighted by atomic mass is 16.4. The molecule has 15 heavy (non-hydrogen) atoms. The van der Waals surface area contributed by atoms with Gasteiger partial charge in [0.05, 0.1) is 6.54 Å². The zero-order valence-corrected chi connectivity index (χ0v) is 7.88. The van der Waals surface area contributed by atoms with E-state index < -0.39 is 18.0 Å². The molecule has 3 N–H and O–H groups in total. The Labute approximate surface area is 86.4 Å². The minimum Gasteiger partial charge on any atom is -0.480 e. The topological polar surface area (TPSA) is 86.6 Å². The first-order chi connectivity index (χ1) is 7.11. The van der Waals surface area contributed by atoms with Gasteiger partial charge in [0.1, 0.15) is 6.04 Å². The highest BCUT2D eigenvalue weighted by Gasteiger charge is 2.19. The minimum atomic E-state index is -1.09. The number of carboxylic acid groups (broad SMARTS) is 2. The van der Waals surface area contributed by atoms with Gasteiger partial charge in [-0.05, 0) is 5.56 Å². The number of hydrogen-bond acceptors (Lipinski definition) is 3. The summed E-state index contributed by atoms with van der Waals surface area (Å²) in [7, 11) is 0. The van der Waals surface area contributed by atoms with Crippen LogP contribution in [0.3, 0.4) is 0 Å². The van der Waals surface area contributed by atoms with Gasteiger partial charge in [-0.25, -0.2) is 0 Å². The smallest absolute Gasteiger partial charge is 0.325 e. The number of rotatable bonds is 5. The van der Waals surface area contributed by atoms with Gasteiger partial charge in [-0.3, -0.25) is 14.9 Å². The molecule has 0 aliphatic heterocycles. The first kappa shape index (κ1) is 11.2. The Balaban J connectivity index is 2.75. The third kappa shape index (κ3) is 3.40. The standard InChI is InChI=1S/C10H11NO4/c12-8(13)6-11-9(10(14)15)7-4-2-1-3-5-7/h1-5,9,11H,6H2,(H,12,13)(H,14,15)/t9-/m1/s1. The number of benzene rings is 1. The molecule has 1 atom stereocenters. The summed E-state index contributed by atoms with van der Waals surface area (Å²) < 4.78 is 0. The normalized spacial score (nSPS) is 12.0. The maximum absolute atomic E-state index is 10.9. The largest absolute Gasteiger partial charge is 0.480 e. The lowest BCUT2D eigenvalue weighted by molar-refractivity contribution is -0.140. The summed E-state index contributed by atoms with van der Waals surface area (Å²) in [6.45, 7) is -0.383. The monoisotopic (exact) mass is 209 g/mol. The molecular weight excluding hydrogens is 198 g/mol. The number of carbonyl (C=O) groups is 2. The van der Waals surface area contributed by atoms with E-state index >= 15 is 0 Å².